The molecule has 0 atom stereocenters. The Labute approximate surface area is 96.7 Å². The minimum Gasteiger partial charge on any atom is -0.398 e. The molecule has 0 aliphatic heterocycles. The first kappa shape index (κ1) is 9.71. The molecule has 0 spiro atoms. The number of nitrogens with zero attached hydrogens (tertiary/aromatic N) is 1. The van der Waals surface area contributed by atoms with Gasteiger partial charge < -0.3 is 5.73 Å². The quantitative estimate of drug-likeness (QED) is 0.759. The van der Waals surface area contributed by atoms with Crippen LogP contribution in [0.3, 0.4) is 0 Å². The zero-order valence-electron chi connectivity index (χ0n) is 8.13. The maximum atomic E-state index is 6.04. The third-order valence-corrected chi connectivity index (χ3v) is 3.37. The molecule has 14 heavy (non-hydrogen) atoms. The number of para-hydroxylation sites is 1. The van der Waals surface area contributed by atoms with Gasteiger partial charge in [0.15, 0.2) is 0 Å². The van der Waals surface area contributed by atoms with E-state index < -0.39 is 0 Å². The Bertz CT molecular complexity index is 506. The van der Waals surface area contributed by atoms with Crippen molar-refractivity contribution >= 4 is 39.2 Å². The maximum absolute atomic E-state index is 6.04. The summed E-state index contributed by atoms with van der Waals surface area (Å²) in [6, 6.07) is 6.08. The molecule has 0 aliphatic rings. The molecule has 2 aromatic rings. The highest BCUT2D eigenvalue weighted by molar-refractivity contribution is 14.1. The van der Waals surface area contributed by atoms with Crippen molar-refractivity contribution in [2.24, 2.45) is 0 Å². The van der Waals surface area contributed by atoms with Crippen molar-refractivity contribution in [3.8, 4) is 0 Å². The molecular weight excluding hydrogens is 287 g/mol. The predicted molar refractivity (Wildman–Crippen MR) is 68.3 cm³/mol. The van der Waals surface area contributed by atoms with Crippen LogP contribution >= 0.6 is 22.6 Å². The van der Waals surface area contributed by atoms with Crippen LogP contribution in [0.5, 0.6) is 0 Å². The maximum Gasteiger partial charge on any atom is 0.0859 e. The van der Waals surface area contributed by atoms with Crippen LogP contribution in [0.25, 0.3) is 10.9 Å². The van der Waals surface area contributed by atoms with Gasteiger partial charge in [0.2, 0.25) is 0 Å². The van der Waals surface area contributed by atoms with E-state index in [9.17, 15) is 0 Å². The molecule has 0 fully saturated rings. The lowest BCUT2D eigenvalue weighted by atomic mass is 10.1. The van der Waals surface area contributed by atoms with Gasteiger partial charge in [0.05, 0.1) is 5.52 Å². The lowest BCUT2D eigenvalue weighted by Gasteiger charge is -2.08. The highest BCUT2D eigenvalue weighted by Gasteiger charge is 2.07. The first-order chi connectivity index (χ1) is 6.61. The molecule has 0 bridgehead atoms. The highest BCUT2D eigenvalue weighted by Crippen LogP contribution is 2.27. The summed E-state index contributed by atoms with van der Waals surface area (Å²) in [6.07, 6.45) is 0. The fourth-order valence-electron chi connectivity index (χ4n) is 1.49. The van der Waals surface area contributed by atoms with Crippen LogP contribution in [0, 0.1) is 17.4 Å². The Morgan fingerprint density at radius 3 is 2.71 bits per heavy atom. The fourth-order valence-corrected chi connectivity index (χ4v) is 2.11. The molecule has 1 heterocycles. The first-order valence-corrected chi connectivity index (χ1v) is 5.50. The largest absolute Gasteiger partial charge is 0.398 e. The number of nitrogen functional groups attached to an aromatic ring is 1. The van der Waals surface area contributed by atoms with E-state index in [1.807, 2.05) is 32.0 Å². The number of rotatable bonds is 0. The van der Waals surface area contributed by atoms with Gasteiger partial charge in [0, 0.05) is 20.3 Å². The van der Waals surface area contributed by atoms with E-state index in [0.717, 1.165) is 31.4 Å². The molecule has 0 radical (unpaired) electrons. The molecule has 0 unspecified atom stereocenters. The topological polar surface area (TPSA) is 38.9 Å². The minimum absolute atomic E-state index is 0.853. The summed E-state index contributed by atoms with van der Waals surface area (Å²) in [4.78, 5) is 4.55. The zero-order valence-corrected chi connectivity index (χ0v) is 10.3. The van der Waals surface area contributed by atoms with E-state index in [1.54, 1.807) is 0 Å². The molecule has 3 heteroatoms. The Morgan fingerprint density at radius 1 is 1.29 bits per heavy atom. The second kappa shape index (κ2) is 3.38. The lowest BCUT2D eigenvalue weighted by Crippen LogP contribution is -1.98. The Balaban J connectivity index is 2.98. The van der Waals surface area contributed by atoms with Crippen LogP contribution in [-0.2, 0) is 0 Å². The SMILES string of the molecule is Cc1nc2c(I)cccc2c(N)c1C. The van der Waals surface area contributed by atoms with Crippen molar-refractivity contribution < 1.29 is 0 Å². The summed E-state index contributed by atoms with van der Waals surface area (Å²) < 4.78 is 1.15. The van der Waals surface area contributed by atoms with E-state index in [2.05, 4.69) is 27.6 Å². The first-order valence-electron chi connectivity index (χ1n) is 4.42. The van der Waals surface area contributed by atoms with E-state index in [-0.39, 0.29) is 0 Å². The molecule has 2 N–H and O–H groups in total. The predicted octanol–water partition coefficient (Wildman–Crippen LogP) is 3.04. The van der Waals surface area contributed by atoms with Gasteiger partial charge in [-0.15, -0.1) is 0 Å². The second-order valence-electron chi connectivity index (χ2n) is 3.37. The van der Waals surface area contributed by atoms with Gasteiger partial charge >= 0.3 is 0 Å². The van der Waals surface area contributed by atoms with Gasteiger partial charge in [0.1, 0.15) is 0 Å². The molecule has 0 aliphatic carbocycles. The summed E-state index contributed by atoms with van der Waals surface area (Å²) in [6.45, 7) is 4.01. The number of anilines is 1. The zero-order chi connectivity index (χ0) is 10.3. The number of hydrogen-bond acceptors (Lipinski definition) is 2. The number of aryl methyl sites for hydroxylation is 1. The van der Waals surface area contributed by atoms with Crippen molar-refractivity contribution in [1.82, 2.24) is 4.98 Å². The number of benzene rings is 1. The van der Waals surface area contributed by atoms with Crippen molar-refractivity contribution in [1.29, 1.82) is 0 Å². The summed E-state index contributed by atoms with van der Waals surface area (Å²) in [5.74, 6) is 0. The normalized spacial score (nSPS) is 10.8. The van der Waals surface area contributed by atoms with Gasteiger partial charge in [-0.3, -0.25) is 4.98 Å². The van der Waals surface area contributed by atoms with Gasteiger partial charge in [0.25, 0.3) is 0 Å². The fraction of sp³-hybridized carbons (Fsp3) is 0.182. The third-order valence-electron chi connectivity index (χ3n) is 2.50. The van der Waals surface area contributed by atoms with Gasteiger partial charge in [-0.1, -0.05) is 12.1 Å². The molecule has 2 nitrogen and oxygen atoms in total. The van der Waals surface area contributed by atoms with Crippen molar-refractivity contribution in [2.75, 3.05) is 5.73 Å². The van der Waals surface area contributed by atoms with Gasteiger partial charge in [-0.25, -0.2) is 0 Å². The molecular formula is C11H11IN2. The number of nitrogens with two attached hydrogens (primary N) is 1. The van der Waals surface area contributed by atoms with Crippen molar-refractivity contribution in [3.05, 3.63) is 33.0 Å². The second-order valence-corrected chi connectivity index (χ2v) is 4.53. The minimum atomic E-state index is 0.853. The lowest BCUT2D eigenvalue weighted by molar-refractivity contribution is 1.20. The monoisotopic (exact) mass is 298 g/mol. The average molecular weight is 298 g/mol. The van der Waals surface area contributed by atoms with Crippen molar-refractivity contribution in [2.45, 2.75) is 13.8 Å². The highest BCUT2D eigenvalue weighted by atomic mass is 127. The number of hydrogen-bond donors (Lipinski definition) is 1. The smallest absolute Gasteiger partial charge is 0.0859 e. The summed E-state index contributed by atoms with van der Waals surface area (Å²) in [5, 5.41) is 1.06. The molecule has 2 rings (SSSR count). The standard InChI is InChI=1S/C11H11IN2/c1-6-7(2)14-11-8(10(6)13)4-3-5-9(11)12/h3-5H,1-2H3,(H2,13,14). The Hall–Kier alpha value is -0.840. The van der Waals surface area contributed by atoms with Gasteiger partial charge in [-0.05, 0) is 48.1 Å². The third kappa shape index (κ3) is 1.35. The summed E-state index contributed by atoms with van der Waals surface area (Å²) in [5.41, 5.74) is 10.0. The number of halogens is 1. The summed E-state index contributed by atoms with van der Waals surface area (Å²) in [7, 11) is 0. The molecule has 72 valence electrons. The van der Waals surface area contributed by atoms with E-state index >= 15 is 0 Å². The molecule has 0 amide bonds. The molecule has 0 saturated heterocycles. The Kier molecular flexibility index (Phi) is 2.34. The number of pyridine rings is 1. The van der Waals surface area contributed by atoms with Crippen LogP contribution in [0.15, 0.2) is 18.2 Å². The van der Waals surface area contributed by atoms with Crippen LogP contribution in [-0.4, -0.2) is 4.98 Å². The number of aromatic nitrogens is 1. The average Bonchev–Trinajstić information content (AvgIpc) is 2.17. The van der Waals surface area contributed by atoms with E-state index in [4.69, 9.17) is 5.73 Å². The van der Waals surface area contributed by atoms with Crippen LogP contribution in [0.4, 0.5) is 5.69 Å². The van der Waals surface area contributed by atoms with E-state index in [0.29, 0.717) is 0 Å². The van der Waals surface area contributed by atoms with Crippen LogP contribution < -0.4 is 5.73 Å². The molecule has 0 saturated carbocycles. The Morgan fingerprint density at radius 2 is 2.00 bits per heavy atom. The van der Waals surface area contributed by atoms with Crippen LogP contribution in [0.2, 0.25) is 0 Å². The molecule has 1 aromatic heterocycles. The summed E-state index contributed by atoms with van der Waals surface area (Å²) >= 11 is 2.29. The number of fused-ring (bicyclic) bond motifs is 1. The van der Waals surface area contributed by atoms with E-state index in [1.165, 1.54) is 0 Å². The molecule has 1 aromatic carbocycles. The van der Waals surface area contributed by atoms with Crippen molar-refractivity contribution in [3.63, 3.8) is 0 Å². The van der Waals surface area contributed by atoms with Gasteiger partial charge in [-0.2, -0.15) is 0 Å². The van der Waals surface area contributed by atoms with Crippen LogP contribution in [0.1, 0.15) is 11.3 Å².